The zero-order valence-electron chi connectivity index (χ0n) is 16.1. The van der Waals surface area contributed by atoms with Crippen LogP contribution in [0.5, 0.6) is 0 Å². The highest BCUT2D eigenvalue weighted by atomic mass is 32.2. The number of aromatic nitrogens is 2. The Bertz CT molecular complexity index is 922. The molecule has 2 rings (SSSR count). The van der Waals surface area contributed by atoms with Crippen molar-refractivity contribution in [1.29, 1.82) is 0 Å². The molecule has 0 atom stereocenters. The summed E-state index contributed by atoms with van der Waals surface area (Å²) < 4.78 is 9.64. The van der Waals surface area contributed by atoms with Gasteiger partial charge < -0.3 is 15.2 Å². The van der Waals surface area contributed by atoms with Crippen LogP contribution in [0.1, 0.15) is 22.8 Å². The van der Waals surface area contributed by atoms with Crippen molar-refractivity contribution in [3.8, 4) is 0 Å². The van der Waals surface area contributed by atoms with Crippen molar-refractivity contribution >= 4 is 41.3 Å². The minimum atomic E-state index is -0.728. The highest BCUT2D eigenvalue weighted by Crippen LogP contribution is 2.17. The SMILES string of the molecule is CCOC(=O)c1cnc(SCC(=O)OCC(=O)NC(=O)Cc2ccccc2)nc1N. The van der Waals surface area contributed by atoms with Gasteiger partial charge in [-0.3, -0.25) is 19.7 Å². The lowest BCUT2D eigenvalue weighted by Crippen LogP contribution is -2.35. The van der Waals surface area contributed by atoms with Crippen LogP contribution in [0.3, 0.4) is 0 Å². The van der Waals surface area contributed by atoms with E-state index in [0.29, 0.717) is 0 Å². The fourth-order valence-corrected chi connectivity index (χ4v) is 2.76. The first-order chi connectivity index (χ1) is 14.4. The third-order valence-electron chi connectivity index (χ3n) is 3.46. The lowest BCUT2D eigenvalue weighted by molar-refractivity contribution is -0.147. The van der Waals surface area contributed by atoms with Crippen molar-refractivity contribution in [2.75, 3.05) is 24.7 Å². The van der Waals surface area contributed by atoms with E-state index in [4.69, 9.17) is 15.2 Å². The van der Waals surface area contributed by atoms with E-state index in [1.165, 1.54) is 6.20 Å². The molecule has 0 aliphatic rings. The molecule has 3 N–H and O–H groups in total. The van der Waals surface area contributed by atoms with E-state index >= 15 is 0 Å². The summed E-state index contributed by atoms with van der Waals surface area (Å²) in [7, 11) is 0. The number of rotatable bonds is 9. The van der Waals surface area contributed by atoms with Crippen LogP contribution in [0.25, 0.3) is 0 Å². The Morgan fingerprint density at radius 2 is 1.83 bits per heavy atom. The standard InChI is InChI=1S/C19H20N4O6S/c1-2-28-18(27)13-9-21-19(23-17(13)20)30-11-16(26)29-10-15(25)22-14(24)8-12-6-4-3-5-7-12/h3-7,9H,2,8,10-11H2,1H3,(H2,20,21,23)(H,22,24,25). The van der Waals surface area contributed by atoms with Crippen molar-refractivity contribution < 1.29 is 28.7 Å². The second-order valence-corrected chi connectivity index (χ2v) is 6.70. The first-order valence-electron chi connectivity index (χ1n) is 8.83. The van der Waals surface area contributed by atoms with Crippen LogP contribution in [-0.2, 0) is 30.3 Å². The number of benzene rings is 1. The van der Waals surface area contributed by atoms with Crippen LogP contribution in [-0.4, -0.2) is 52.7 Å². The molecule has 1 heterocycles. The highest BCUT2D eigenvalue weighted by Gasteiger charge is 2.16. The predicted octanol–water partition coefficient (Wildman–Crippen LogP) is 0.756. The number of anilines is 1. The summed E-state index contributed by atoms with van der Waals surface area (Å²) in [5, 5.41) is 2.30. The van der Waals surface area contributed by atoms with E-state index in [1.54, 1.807) is 31.2 Å². The molecule has 1 aromatic heterocycles. The molecule has 2 aromatic rings. The summed E-state index contributed by atoms with van der Waals surface area (Å²) in [4.78, 5) is 54.8. The van der Waals surface area contributed by atoms with Gasteiger partial charge in [-0.25, -0.2) is 14.8 Å². The molecule has 0 saturated carbocycles. The number of nitrogens with one attached hydrogen (secondary N) is 1. The lowest BCUT2D eigenvalue weighted by atomic mass is 10.1. The second-order valence-electron chi connectivity index (χ2n) is 5.76. The molecule has 0 aliphatic heterocycles. The van der Waals surface area contributed by atoms with E-state index in [1.807, 2.05) is 6.07 Å². The van der Waals surface area contributed by atoms with Crippen LogP contribution in [0, 0.1) is 0 Å². The van der Waals surface area contributed by atoms with Gasteiger partial charge in [-0.1, -0.05) is 42.1 Å². The Kier molecular flexibility index (Phi) is 8.75. The van der Waals surface area contributed by atoms with E-state index in [0.717, 1.165) is 17.3 Å². The topological polar surface area (TPSA) is 151 Å². The summed E-state index contributed by atoms with van der Waals surface area (Å²) >= 11 is 0.916. The summed E-state index contributed by atoms with van der Waals surface area (Å²) in [6.45, 7) is 1.25. The molecule has 158 valence electrons. The van der Waals surface area contributed by atoms with Crippen molar-refractivity contribution in [2.45, 2.75) is 18.5 Å². The maximum Gasteiger partial charge on any atom is 0.343 e. The average molecular weight is 432 g/mol. The van der Waals surface area contributed by atoms with Crippen LogP contribution in [0.2, 0.25) is 0 Å². The number of imide groups is 1. The highest BCUT2D eigenvalue weighted by molar-refractivity contribution is 7.99. The zero-order chi connectivity index (χ0) is 21.9. The molecule has 11 heteroatoms. The normalized spacial score (nSPS) is 10.2. The summed E-state index contributed by atoms with van der Waals surface area (Å²) in [5.74, 6) is -2.84. The Hall–Kier alpha value is -3.47. The van der Waals surface area contributed by atoms with E-state index in [2.05, 4.69) is 15.3 Å². The van der Waals surface area contributed by atoms with E-state index in [-0.39, 0.29) is 35.3 Å². The molecule has 2 amide bonds. The van der Waals surface area contributed by atoms with Crippen molar-refractivity contribution in [3.05, 3.63) is 47.7 Å². The number of carbonyl (C=O) groups is 4. The Morgan fingerprint density at radius 1 is 1.10 bits per heavy atom. The van der Waals surface area contributed by atoms with Gasteiger partial charge in [-0.15, -0.1) is 0 Å². The van der Waals surface area contributed by atoms with Gasteiger partial charge in [-0.2, -0.15) is 0 Å². The van der Waals surface area contributed by atoms with Crippen LogP contribution in [0.15, 0.2) is 41.7 Å². The van der Waals surface area contributed by atoms with Gasteiger partial charge in [0.05, 0.1) is 18.8 Å². The molecule has 10 nitrogen and oxygen atoms in total. The van der Waals surface area contributed by atoms with Gasteiger partial charge in [0.1, 0.15) is 11.4 Å². The Balaban J connectivity index is 1.73. The fraction of sp³-hybridized carbons (Fsp3) is 0.263. The van der Waals surface area contributed by atoms with Gasteiger partial charge in [0.15, 0.2) is 11.8 Å². The number of amides is 2. The quantitative estimate of drug-likeness (QED) is 0.330. The van der Waals surface area contributed by atoms with Crippen molar-refractivity contribution in [2.24, 2.45) is 0 Å². The molecule has 30 heavy (non-hydrogen) atoms. The van der Waals surface area contributed by atoms with Crippen molar-refractivity contribution in [1.82, 2.24) is 15.3 Å². The smallest absolute Gasteiger partial charge is 0.343 e. The maximum absolute atomic E-state index is 11.8. The van der Waals surface area contributed by atoms with Gasteiger partial charge in [0, 0.05) is 6.20 Å². The number of carbonyl (C=O) groups excluding carboxylic acids is 4. The fourth-order valence-electron chi connectivity index (χ4n) is 2.14. The zero-order valence-corrected chi connectivity index (χ0v) is 16.9. The third-order valence-corrected chi connectivity index (χ3v) is 4.30. The molecule has 0 saturated heterocycles. The number of thioether (sulfide) groups is 1. The number of hydrogen-bond donors (Lipinski definition) is 2. The molecule has 0 unspecified atom stereocenters. The Morgan fingerprint density at radius 3 is 2.50 bits per heavy atom. The van der Waals surface area contributed by atoms with Gasteiger partial charge >= 0.3 is 11.9 Å². The summed E-state index contributed by atoms with van der Waals surface area (Å²) in [6, 6.07) is 8.90. The van der Waals surface area contributed by atoms with Gasteiger partial charge in [0.25, 0.3) is 5.91 Å². The van der Waals surface area contributed by atoms with Gasteiger partial charge in [-0.05, 0) is 12.5 Å². The lowest BCUT2D eigenvalue weighted by Gasteiger charge is -2.07. The summed E-state index contributed by atoms with van der Waals surface area (Å²) in [5.41, 5.74) is 6.48. The van der Waals surface area contributed by atoms with E-state index < -0.39 is 30.4 Å². The first-order valence-corrected chi connectivity index (χ1v) is 9.82. The van der Waals surface area contributed by atoms with E-state index in [9.17, 15) is 19.2 Å². The van der Waals surface area contributed by atoms with Gasteiger partial charge in [0.2, 0.25) is 5.91 Å². The average Bonchev–Trinajstić information content (AvgIpc) is 2.71. The molecular weight excluding hydrogens is 412 g/mol. The molecular formula is C19H20N4O6S. The largest absolute Gasteiger partial charge is 0.462 e. The van der Waals surface area contributed by atoms with Crippen LogP contribution >= 0.6 is 11.8 Å². The third kappa shape index (κ3) is 7.51. The number of nitrogens with two attached hydrogens (primary N) is 1. The molecule has 0 spiro atoms. The number of nitrogens with zero attached hydrogens (tertiary/aromatic N) is 2. The maximum atomic E-state index is 11.8. The van der Waals surface area contributed by atoms with Crippen molar-refractivity contribution in [3.63, 3.8) is 0 Å². The molecule has 1 aromatic carbocycles. The minimum absolute atomic E-state index is 0.0283. The number of esters is 2. The summed E-state index contributed by atoms with van der Waals surface area (Å²) in [6.07, 6.45) is 1.25. The predicted molar refractivity (Wildman–Crippen MR) is 107 cm³/mol. The van der Waals surface area contributed by atoms with Crippen LogP contribution in [0.4, 0.5) is 5.82 Å². The van der Waals surface area contributed by atoms with Crippen LogP contribution < -0.4 is 11.1 Å². The first kappa shape index (κ1) is 22.8. The number of hydrogen-bond acceptors (Lipinski definition) is 10. The second kappa shape index (κ2) is 11.5. The minimum Gasteiger partial charge on any atom is -0.462 e. The Labute approximate surface area is 176 Å². The monoisotopic (exact) mass is 432 g/mol. The molecule has 0 radical (unpaired) electrons. The number of nitrogen functional groups attached to an aromatic ring is 1. The molecule has 0 bridgehead atoms. The molecule has 0 aliphatic carbocycles. The number of ether oxygens (including phenoxy) is 2. The molecule has 0 fully saturated rings.